The van der Waals surface area contributed by atoms with E-state index < -0.39 is 22.2 Å². The van der Waals surface area contributed by atoms with Crippen molar-refractivity contribution >= 4 is 21.9 Å². The monoisotopic (exact) mass is 536 g/mol. The lowest BCUT2D eigenvalue weighted by Gasteiger charge is -2.29. The molecule has 0 atom stereocenters. The van der Waals surface area contributed by atoms with Crippen molar-refractivity contribution in [3.05, 3.63) is 29.3 Å². The summed E-state index contributed by atoms with van der Waals surface area (Å²) < 4.78 is 60.0. The van der Waals surface area contributed by atoms with E-state index in [0.29, 0.717) is 31.1 Å². The molecule has 2 N–H and O–H groups in total. The SMILES string of the molecule is Cc1ccc(S(=O)(=O)N(CCC(=O)N2CCNCC2)CCN2CCCC2)cc1C.O=C(O)C(F)(F)F. The fraction of sp³-hybridized carbons (Fsp3) is 0.652. The number of halogens is 3. The number of carbonyl (C=O) groups excluding carboxylic acids is 1. The number of carboxylic acid groups (broad SMARTS) is 1. The fourth-order valence-electron chi connectivity index (χ4n) is 3.93. The van der Waals surface area contributed by atoms with E-state index in [9.17, 15) is 26.4 Å². The highest BCUT2D eigenvalue weighted by Crippen LogP contribution is 2.20. The number of aliphatic carboxylic acids is 1. The molecule has 204 valence electrons. The Morgan fingerprint density at radius 1 is 1.03 bits per heavy atom. The van der Waals surface area contributed by atoms with Gasteiger partial charge in [-0.05, 0) is 63.0 Å². The number of likely N-dealkylation sites (tertiary alicyclic amines) is 1. The molecule has 0 bridgehead atoms. The van der Waals surface area contributed by atoms with Gasteiger partial charge in [0.2, 0.25) is 15.9 Å². The van der Waals surface area contributed by atoms with Crippen molar-refractivity contribution in [2.45, 2.75) is 44.2 Å². The maximum atomic E-state index is 13.4. The molecule has 2 saturated heterocycles. The summed E-state index contributed by atoms with van der Waals surface area (Å²) >= 11 is 0. The van der Waals surface area contributed by atoms with Crippen molar-refractivity contribution in [3.8, 4) is 0 Å². The van der Waals surface area contributed by atoms with Crippen molar-refractivity contribution in [1.82, 2.24) is 19.4 Å². The van der Waals surface area contributed by atoms with E-state index in [1.807, 2.05) is 24.8 Å². The Morgan fingerprint density at radius 2 is 1.61 bits per heavy atom. The predicted molar refractivity (Wildman–Crippen MR) is 128 cm³/mol. The Balaban J connectivity index is 0.000000572. The van der Waals surface area contributed by atoms with Crippen LogP contribution in [0.1, 0.15) is 30.4 Å². The number of hydrogen-bond donors (Lipinski definition) is 2. The zero-order valence-corrected chi connectivity index (χ0v) is 21.5. The second-order valence-corrected chi connectivity index (χ2v) is 10.8. The van der Waals surface area contributed by atoms with E-state index in [-0.39, 0.29) is 18.9 Å². The van der Waals surface area contributed by atoms with Crippen LogP contribution in [-0.4, -0.2) is 105 Å². The molecule has 2 fully saturated rings. The summed E-state index contributed by atoms with van der Waals surface area (Å²) in [5.74, 6) is -2.72. The molecule has 2 aliphatic heterocycles. The Labute approximate surface area is 210 Å². The number of aryl methyl sites for hydroxylation is 2. The molecule has 0 spiro atoms. The highest BCUT2D eigenvalue weighted by molar-refractivity contribution is 7.89. The van der Waals surface area contributed by atoms with Gasteiger partial charge in [0, 0.05) is 52.2 Å². The zero-order chi connectivity index (χ0) is 26.9. The quantitative estimate of drug-likeness (QED) is 0.522. The van der Waals surface area contributed by atoms with Crippen LogP contribution in [-0.2, 0) is 19.6 Å². The summed E-state index contributed by atoms with van der Waals surface area (Å²) in [6.07, 6.45) is -2.51. The van der Waals surface area contributed by atoms with Gasteiger partial charge in [-0.3, -0.25) is 4.79 Å². The average molecular weight is 537 g/mol. The van der Waals surface area contributed by atoms with E-state index in [1.165, 1.54) is 17.1 Å². The highest BCUT2D eigenvalue weighted by atomic mass is 32.2. The predicted octanol–water partition coefficient (Wildman–Crippen LogP) is 1.85. The number of amides is 1. The second-order valence-electron chi connectivity index (χ2n) is 8.88. The van der Waals surface area contributed by atoms with Gasteiger partial charge in [-0.15, -0.1) is 0 Å². The van der Waals surface area contributed by atoms with E-state index in [1.54, 1.807) is 12.1 Å². The standard InChI is InChI=1S/C21H34N4O3S.C2HF3O2/c1-18-5-6-20(17-19(18)2)29(27,28)25(16-15-23-10-3-4-11-23)12-7-21(26)24-13-8-22-9-14-24;3-2(4,5)1(6)7/h5-6,17,22H,3-4,7-16H2,1-2H3;(H,6,7). The smallest absolute Gasteiger partial charge is 0.475 e. The molecule has 1 aromatic carbocycles. The minimum Gasteiger partial charge on any atom is -0.475 e. The van der Waals surface area contributed by atoms with Crippen LogP contribution in [0.15, 0.2) is 23.1 Å². The molecule has 2 aliphatic rings. The van der Waals surface area contributed by atoms with E-state index >= 15 is 0 Å². The molecule has 0 unspecified atom stereocenters. The van der Waals surface area contributed by atoms with Crippen molar-refractivity contribution in [2.75, 3.05) is 58.9 Å². The number of carbonyl (C=O) groups is 2. The van der Waals surface area contributed by atoms with Crippen LogP contribution in [0.2, 0.25) is 0 Å². The molecule has 36 heavy (non-hydrogen) atoms. The molecule has 13 heteroatoms. The summed E-state index contributed by atoms with van der Waals surface area (Å²) in [6, 6.07) is 5.27. The van der Waals surface area contributed by atoms with Gasteiger partial charge in [-0.1, -0.05) is 6.07 Å². The molecule has 0 aliphatic carbocycles. The summed E-state index contributed by atoms with van der Waals surface area (Å²) in [5.41, 5.74) is 2.03. The normalized spacial score (nSPS) is 17.1. The Bertz CT molecular complexity index is 992. The van der Waals surface area contributed by atoms with Gasteiger partial charge in [0.05, 0.1) is 4.90 Å². The summed E-state index contributed by atoms with van der Waals surface area (Å²) in [5, 5.41) is 10.4. The van der Waals surface area contributed by atoms with Crippen LogP contribution < -0.4 is 5.32 Å². The third-order valence-electron chi connectivity index (χ3n) is 6.27. The molecular weight excluding hydrogens is 501 g/mol. The molecule has 9 nitrogen and oxygen atoms in total. The lowest BCUT2D eigenvalue weighted by atomic mass is 10.1. The fourth-order valence-corrected chi connectivity index (χ4v) is 5.44. The van der Waals surface area contributed by atoms with Gasteiger partial charge in [-0.25, -0.2) is 13.2 Å². The number of nitrogens with one attached hydrogen (secondary N) is 1. The zero-order valence-electron chi connectivity index (χ0n) is 20.7. The number of nitrogens with zero attached hydrogens (tertiary/aromatic N) is 3. The van der Waals surface area contributed by atoms with Gasteiger partial charge in [0.15, 0.2) is 0 Å². The molecule has 2 heterocycles. The van der Waals surface area contributed by atoms with Gasteiger partial charge in [0.25, 0.3) is 0 Å². The highest BCUT2D eigenvalue weighted by Gasteiger charge is 2.38. The van der Waals surface area contributed by atoms with E-state index in [4.69, 9.17) is 9.90 Å². The number of hydrogen-bond acceptors (Lipinski definition) is 6. The van der Waals surface area contributed by atoms with Crippen LogP contribution in [0.25, 0.3) is 0 Å². The first-order valence-corrected chi connectivity index (χ1v) is 13.3. The maximum Gasteiger partial charge on any atom is 0.490 e. The number of alkyl halides is 3. The van der Waals surface area contributed by atoms with Crippen molar-refractivity contribution in [3.63, 3.8) is 0 Å². The largest absolute Gasteiger partial charge is 0.490 e. The van der Waals surface area contributed by atoms with Crippen molar-refractivity contribution < 1.29 is 36.3 Å². The first kappa shape index (κ1) is 30.0. The Kier molecular flexibility index (Phi) is 11.1. The molecule has 0 saturated carbocycles. The van der Waals surface area contributed by atoms with Gasteiger partial charge in [0.1, 0.15) is 0 Å². The van der Waals surface area contributed by atoms with E-state index in [2.05, 4.69) is 10.2 Å². The minimum absolute atomic E-state index is 0.0351. The summed E-state index contributed by atoms with van der Waals surface area (Å²) in [6.45, 7) is 10.3. The Morgan fingerprint density at radius 3 is 2.14 bits per heavy atom. The third-order valence-corrected chi connectivity index (χ3v) is 8.16. The van der Waals surface area contributed by atoms with Gasteiger partial charge >= 0.3 is 12.1 Å². The molecule has 0 radical (unpaired) electrons. The number of rotatable bonds is 8. The number of piperazine rings is 1. The molecule has 1 amide bonds. The van der Waals surface area contributed by atoms with Crippen LogP contribution in [0.4, 0.5) is 13.2 Å². The number of carboxylic acids is 1. The lowest BCUT2D eigenvalue weighted by molar-refractivity contribution is -0.192. The number of sulfonamides is 1. The van der Waals surface area contributed by atoms with Crippen LogP contribution in [0.3, 0.4) is 0 Å². The first-order valence-electron chi connectivity index (χ1n) is 11.9. The summed E-state index contributed by atoms with van der Waals surface area (Å²) in [7, 11) is -3.63. The van der Waals surface area contributed by atoms with Crippen LogP contribution in [0.5, 0.6) is 0 Å². The van der Waals surface area contributed by atoms with E-state index in [0.717, 1.165) is 37.3 Å². The maximum absolute atomic E-state index is 13.4. The summed E-state index contributed by atoms with van der Waals surface area (Å²) in [4.78, 5) is 25.9. The topological polar surface area (TPSA) is 110 Å². The van der Waals surface area contributed by atoms with Crippen molar-refractivity contribution in [2.24, 2.45) is 0 Å². The first-order chi connectivity index (χ1) is 16.8. The number of benzene rings is 1. The molecule has 3 rings (SSSR count). The molecule has 1 aromatic rings. The van der Waals surface area contributed by atoms with Gasteiger partial charge in [-0.2, -0.15) is 17.5 Å². The second kappa shape index (κ2) is 13.4. The van der Waals surface area contributed by atoms with Crippen molar-refractivity contribution in [1.29, 1.82) is 0 Å². The lowest BCUT2D eigenvalue weighted by Crippen LogP contribution is -2.47. The van der Waals surface area contributed by atoms with Crippen LogP contribution in [0, 0.1) is 13.8 Å². The molecule has 0 aromatic heterocycles. The molecular formula is C23H35F3N4O5S. The third kappa shape index (κ3) is 9.02. The average Bonchev–Trinajstić information content (AvgIpc) is 3.34. The van der Waals surface area contributed by atoms with Crippen LogP contribution >= 0.6 is 0 Å². The van der Waals surface area contributed by atoms with Gasteiger partial charge < -0.3 is 20.2 Å². The Hall–Kier alpha value is -2.22. The minimum atomic E-state index is -5.08.